The summed E-state index contributed by atoms with van der Waals surface area (Å²) in [6, 6.07) is 1.91. The number of H-pyrrole nitrogens is 1. The maximum Gasteiger partial charge on any atom is 0.268 e. The minimum absolute atomic E-state index is 0.0424. The molecule has 2 atom stereocenters. The summed E-state index contributed by atoms with van der Waals surface area (Å²) in [7, 11) is 0. The molecule has 2 aromatic heterocycles. The molecule has 4 heterocycles. The van der Waals surface area contributed by atoms with Gasteiger partial charge in [0.2, 0.25) is 0 Å². The molecule has 0 spiro atoms. The van der Waals surface area contributed by atoms with Gasteiger partial charge in [-0.25, -0.2) is 4.98 Å². The zero-order valence-corrected chi connectivity index (χ0v) is 14.5. The van der Waals surface area contributed by atoms with Gasteiger partial charge in [-0.1, -0.05) is 0 Å². The topological polar surface area (TPSA) is 67.5 Å². The van der Waals surface area contributed by atoms with E-state index in [4.69, 9.17) is 9.47 Å². The molecule has 0 aromatic carbocycles. The van der Waals surface area contributed by atoms with E-state index in [1.165, 1.54) is 11.3 Å². The highest BCUT2D eigenvalue weighted by atomic mass is 32.1. The summed E-state index contributed by atoms with van der Waals surface area (Å²) in [5.41, 5.74) is 0.743. The molecule has 7 heteroatoms. The highest BCUT2D eigenvalue weighted by Gasteiger charge is 2.24. The van der Waals surface area contributed by atoms with E-state index < -0.39 is 0 Å². The molecule has 0 radical (unpaired) electrons. The Hall–Kier alpha value is -1.28. The second-order valence-electron chi connectivity index (χ2n) is 6.61. The molecule has 4 rings (SSSR count). The van der Waals surface area contributed by atoms with Crippen LogP contribution in [0.3, 0.4) is 0 Å². The molecular formula is C17H23N3O3S. The van der Waals surface area contributed by atoms with E-state index in [0.29, 0.717) is 11.2 Å². The molecule has 6 nitrogen and oxygen atoms in total. The van der Waals surface area contributed by atoms with Crippen molar-refractivity contribution >= 4 is 21.6 Å². The van der Waals surface area contributed by atoms with Gasteiger partial charge in [-0.3, -0.25) is 9.69 Å². The van der Waals surface area contributed by atoms with Crippen molar-refractivity contribution in [3.63, 3.8) is 0 Å². The fraction of sp³-hybridized carbons (Fsp3) is 0.647. The van der Waals surface area contributed by atoms with Crippen molar-refractivity contribution in [3.8, 4) is 0 Å². The Balaban J connectivity index is 1.50. The Morgan fingerprint density at radius 2 is 1.92 bits per heavy atom. The number of hydrogen-bond donors (Lipinski definition) is 1. The third kappa shape index (κ3) is 3.69. The largest absolute Gasteiger partial charge is 0.377 e. The van der Waals surface area contributed by atoms with Crippen molar-refractivity contribution in [2.24, 2.45) is 0 Å². The average Bonchev–Trinajstić information content (AvgIpc) is 3.28. The van der Waals surface area contributed by atoms with Crippen molar-refractivity contribution in [2.45, 2.75) is 44.4 Å². The summed E-state index contributed by atoms with van der Waals surface area (Å²) in [6.07, 6.45) is 5.04. The fourth-order valence-corrected chi connectivity index (χ4v) is 4.29. The fourth-order valence-electron chi connectivity index (χ4n) is 3.56. The molecular weight excluding hydrogens is 326 g/mol. The number of aromatic amines is 1. The van der Waals surface area contributed by atoms with Gasteiger partial charge in [-0.2, -0.15) is 0 Å². The summed E-state index contributed by atoms with van der Waals surface area (Å²) >= 11 is 1.43. The van der Waals surface area contributed by atoms with E-state index >= 15 is 0 Å². The highest BCUT2D eigenvalue weighted by Crippen LogP contribution is 2.19. The predicted molar refractivity (Wildman–Crippen MR) is 93.5 cm³/mol. The first-order valence-electron chi connectivity index (χ1n) is 8.70. The molecule has 0 amide bonds. The SMILES string of the molecule is O=c1[nH]c(CN(C[C@H]2CCCO2)C[C@H]2CCCO2)nc2ccsc12. The summed E-state index contributed by atoms with van der Waals surface area (Å²) in [4.78, 5) is 22.1. The monoisotopic (exact) mass is 349 g/mol. The summed E-state index contributed by atoms with van der Waals surface area (Å²) in [5, 5.41) is 1.91. The van der Waals surface area contributed by atoms with Crippen molar-refractivity contribution in [1.29, 1.82) is 0 Å². The van der Waals surface area contributed by atoms with Gasteiger partial charge >= 0.3 is 0 Å². The average molecular weight is 349 g/mol. The van der Waals surface area contributed by atoms with Crippen molar-refractivity contribution in [1.82, 2.24) is 14.9 Å². The normalized spacial score (nSPS) is 24.4. The van der Waals surface area contributed by atoms with Crippen molar-refractivity contribution in [2.75, 3.05) is 26.3 Å². The smallest absolute Gasteiger partial charge is 0.268 e. The van der Waals surface area contributed by atoms with Crippen LogP contribution in [0.1, 0.15) is 31.5 Å². The van der Waals surface area contributed by atoms with Gasteiger partial charge in [0.05, 0.1) is 24.3 Å². The number of nitrogens with one attached hydrogen (secondary N) is 1. The molecule has 0 saturated carbocycles. The zero-order valence-electron chi connectivity index (χ0n) is 13.7. The molecule has 2 aromatic rings. The van der Waals surface area contributed by atoms with Gasteiger partial charge in [0.15, 0.2) is 0 Å². The quantitative estimate of drug-likeness (QED) is 0.865. The number of hydrogen-bond acceptors (Lipinski definition) is 6. The first kappa shape index (κ1) is 16.2. The first-order chi connectivity index (χ1) is 11.8. The number of nitrogens with zero attached hydrogens (tertiary/aromatic N) is 2. The van der Waals surface area contributed by atoms with E-state index in [1.54, 1.807) is 0 Å². The van der Waals surface area contributed by atoms with Gasteiger partial charge in [0, 0.05) is 26.3 Å². The van der Waals surface area contributed by atoms with Crippen molar-refractivity contribution in [3.05, 3.63) is 27.6 Å². The third-order valence-corrected chi connectivity index (χ3v) is 5.61. The molecule has 24 heavy (non-hydrogen) atoms. The standard InChI is InChI=1S/C17H23N3O3S/c21-17-16-14(5-8-24-16)18-15(19-17)11-20(9-12-3-1-6-22-12)10-13-4-2-7-23-13/h5,8,12-13H,1-4,6-7,9-11H2,(H,18,19,21)/t12-,13-/m1/s1. The molecule has 2 saturated heterocycles. The van der Waals surface area contributed by atoms with Crippen LogP contribution in [-0.4, -0.2) is 53.4 Å². The summed E-state index contributed by atoms with van der Waals surface area (Å²) < 4.78 is 12.3. The van der Waals surface area contributed by atoms with Crippen LogP contribution in [0.15, 0.2) is 16.2 Å². The maximum atomic E-state index is 12.2. The van der Waals surface area contributed by atoms with Gasteiger partial charge < -0.3 is 14.5 Å². The van der Waals surface area contributed by atoms with Crippen LogP contribution >= 0.6 is 11.3 Å². The number of aromatic nitrogens is 2. The van der Waals surface area contributed by atoms with Crippen LogP contribution in [0.4, 0.5) is 0 Å². The number of fused-ring (bicyclic) bond motifs is 1. The Morgan fingerprint density at radius 3 is 2.54 bits per heavy atom. The third-order valence-electron chi connectivity index (χ3n) is 4.71. The van der Waals surface area contributed by atoms with Gasteiger partial charge in [0.1, 0.15) is 10.5 Å². The molecule has 2 aliphatic rings. The first-order valence-corrected chi connectivity index (χ1v) is 9.58. The van der Waals surface area contributed by atoms with E-state index in [1.807, 2.05) is 11.4 Å². The number of ether oxygens (including phenoxy) is 2. The Bertz CT molecular complexity index is 714. The lowest BCUT2D eigenvalue weighted by atomic mass is 10.2. The second kappa shape index (κ2) is 7.31. The van der Waals surface area contributed by atoms with Crippen LogP contribution in [-0.2, 0) is 16.0 Å². The lowest BCUT2D eigenvalue weighted by Crippen LogP contribution is -2.38. The van der Waals surface area contributed by atoms with E-state index in [0.717, 1.165) is 63.3 Å². The Morgan fingerprint density at radius 1 is 1.21 bits per heavy atom. The van der Waals surface area contributed by atoms with E-state index in [2.05, 4.69) is 14.9 Å². The Kier molecular flexibility index (Phi) is 4.93. The molecule has 0 bridgehead atoms. The Labute approximate surface area is 144 Å². The minimum atomic E-state index is -0.0424. The van der Waals surface area contributed by atoms with Crippen LogP contribution in [0, 0.1) is 0 Å². The highest BCUT2D eigenvalue weighted by molar-refractivity contribution is 7.17. The second-order valence-corrected chi connectivity index (χ2v) is 7.53. The number of rotatable bonds is 6. The number of thiophene rings is 1. The van der Waals surface area contributed by atoms with E-state index in [-0.39, 0.29) is 17.8 Å². The predicted octanol–water partition coefficient (Wildman–Crippen LogP) is 2.14. The summed E-state index contributed by atoms with van der Waals surface area (Å²) in [6.45, 7) is 4.07. The van der Waals surface area contributed by atoms with Crippen molar-refractivity contribution < 1.29 is 9.47 Å². The molecule has 1 N–H and O–H groups in total. The van der Waals surface area contributed by atoms with Crippen LogP contribution in [0.5, 0.6) is 0 Å². The van der Waals surface area contributed by atoms with Gasteiger partial charge in [-0.05, 0) is 37.1 Å². The zero-order chi connectivity index (χ0) is 16.4. The summed E-state index contributed by atoms with van der Waals surface area (Å²) in [5.74, 6) is 0.724. The van der Waals surface area contributed by atoms with Gasteiger partial charge in [0.25, 0.3) is 5.56 Å². The lowest BCUT2D eigenvalue weighted by Gasteiger charge is -2.27. The molecule has 0 unspecified atom stereocenters. The van der Waals surface area contributed by atoms with Crippen LogP contribution in [0.2, 0.25) is 0 Å². The van der Waals surface area contributed by atoms with E-state index in [9.17, 15) is 4.79 Å². The van der Waals surface area contributed by atoms with Crippen LogP contribution < -0.4 is 5.56 Å². The molecule has 130 valence electrons. The lowest BCUT2D eigenvalue weighted by molar-refractivity contribution is 0.0336. The van der Waals surface area contributed by atoms with Gasteiger partial charge in [-0.15, -0.1) is 11.3 Å². The molecule has 2 fully saturated rings. The molecule has 0 aliphatic carbocycles. The molecule has 2 aliphatic heterocycles. The van der Waals surface area contributed by atoms with Crippen LogP contribution in [0.25, 0.3) is 10.2 Å². The maximum absolute atomic E-state index is 12.2. The minimum Gasteiger partial charge on any atom is -0.377 e.